The van der Waals surface area contributed by atoms with Gasteiger partial charge in [-0.05, 0) is 19.4 Å². The number of rotatable bonds is 8. The molecule has 3 heteroatoms. The molecule has 0 aromatic carbocycles. The monoisotopic (exact) mass is 173 g/mol. The van der Waals surface area contributed by atoms with Crippen LogP contribution in [0.1, 0.15) is 44.9 Å². The fourth-order valence-electron chi connectivity index (χ4n) is 1.23. The van der Waals surface area contributed by atoms with Gasteiger partial charge in [-0.1, -0.05) is 32.1 Å². The van der Waals surface area contributed by atoms with Gasteiger partial charge in [0.15, 0.2) is 0 Å². The van der Waals surface area contributed by atoms with Gasteiger partial charge in [0.2, 0.25) is 0 Å². The average Bonchev–Trinajstić information content (AvgIpc) is 2.02. The van der Waals surface area contributed by atoms with E-state index in [1.54, 1.807) is 0 Å². The summed E-state index contributed by atoms with van der Waals surface area (Å²) in [5, 5.41) is 0. The minimum Gasteiger partial charge on any atom is -0.330 e. The molecule has 0 aliphatic carbocycles. The Balaban J connectivity index is 2.82. The third-order valence-corrected chi connectivity index (χ3v) is 1.99. The number of unbranched alkanes of at least 4 members (excludes halogenated alkanes) is 5. The van der Waals surface area contributed by atoms with E-state index in [4.69, 9.17) is 17.2 Å². The van der Waals surface area contributed by atoms with Crippen LogP contribution in [0, 0.1) is 0 Å². The van der Waals surface area contributed by atoms with Crippen molar-refractivity contribution in [3.63, 3.8) is 0 Å². The maximum Gasteiger partial charge on any atom is 0.0520 e. The summed E-state index contributed by atoms with van der Waals surface area (Å²) in [6, 6.07) is 0. The SMILES string of the molecule is NCCCCCCCCC(N)N. The molecule has 0 saturated heterocycles. The smallest absolute Gasteiger partial charge is 0.0520 e. The first kappa shape index (κ1) is 11.9. The van der Waals surface area contributed by atoms with Gasteiger partial charge in [-0.15, -0.1) is 0 Å². The molecule has 0 aliphatic rings. The van der Waals surface area contributed by atoms with Gasteiger partial charge < -0.3 is 17.2 Å². The largest absolute Gasteiger partial charge is 0.330 e. The summed E-state index contributed by atoms with van der Waals surface area (Å²) in [5.74, 6) is 0. The normalized spacial score (nSPS) is 11.0. The molecule has 6 N–H and O–H groups in total. The van der Waals surface area contributed by atoms with Gasteiger partial charge in [0.1, 0.15) is 0 Å². The highest BCUT2D eigenvalue weighted by molar-refractivity contribution is 4.52. The van der Waals surface area contributed by atoms with Crippen molar-refractivity contribution in [1.29, 1.82) is 0 Å². The molecule has 0 atom stereocenters. The van der Waals surface area contributed by atoms with Crippen LogP contribution in [0.25, 0.3) is 0 Å². The molecule has 0 amide bonds. The Labute approximate surface area is 75.7 Å². The van der Waals surface area contributed by atoms with Gasteiger partial charge in [-0.25, -0.2) is 0 Å². The molecule has 0 rings (SSSR count). The molecule has 0 bridgehead atoms. The van der Waals surface area contributed by atoms with Crippen LogP contribution in [-0.2, 0) is 0 Å². The summed E-state index contributed by atoms with van der Waals surface area (Å²) >= 11 is 0. The van der Waals surface area contributed by atoms with Crippen molar-refractivity contribution in [2.24, 2.45) is 17.2 Å². The first-order chi connectivity index (χ1) is 5.77. The van der Waals surface area contributed by atoms with Gasteiger partial charge in [0.25, 0.3) is 0 Å². The molecule has 74 valence electrons. The quantitative estimate of drug-likeness (QED) is 0.377. The molecule has 0 aromatic rings. The Kier molecular flexibility index (Phi) is 8.88. The molecule has 0 radical (unpaired) electrons. The maximum absolute atomic E-state index is 5.42. The van der Waals surface area contributed by atoms with Crippen LogP contribution < -0.4 is 17.2 Å². The predicted molar refractivity (Wildman–Crippen MR) is 53.5 cm³/mol. The van der Waals surface area contributed by atoms with E-state index in [9.17, 15) is 0 Å². The second-order valence-corrected chi connectivity index (χ2v) is 3.36. The fraction of sp³-hybridized carbons (Fsp3) is 1.00. The van der Waals surface area contributed by atoms with Gasteiger partial charge in [-0.2, -0.15) is 0 Å². The van der Waals surface area contributed by atoms with Crippen LogP contribution in [0.5, 0.6) is 0 Å². The minimum atomic E-state index is -0.117. The Bertz CT molecular complexity index is 83.8. The Hall–Kier alpha value is -0.120. The lowest BCUT2D eigenvalue weighted by Gasteiger charge is -2.04. The van der Waals surface area contributed by atoms with E-state index in [2.05, 4.69) is 0 Å². The fourth-order valence-corrected chi connectivity index (χ4v) is 1.23. The first-order valence-electron chi connectivity index (χ1n) is 4.98. The number of hydrogen-bond acceptors (Lipinski definition) is 3. The summed E-state index contributed by atoms with van der Waals surface area (Å²) < 4.78 is 0. The van der Waals surface area contributed by atoms with Gasteiger partial charge >= 0.3 is 0 Å². The second kappa shape index (κ2) is 8.97. The van der Waals surface area contributed by atoms with Crippen molar-refractivity contribution in [3.8, 4) is 0 Å². The standard InChI is InChI=1S/C9H23N3/c10-8-6-4-2-1-3-5-7-9(11)12/h9H,1-8,10-12H2. The van der Waals surface area contributed by atoms with Crippen LogP contribution in [0.4, 0.5) is 0 Å². The number of nitrogens with two attached hydrogens (primary N) is 3. The highest BCUT2D eigenvalue weighted by Gasteiger charge is 1.94. The lowest BCUT2D eigenvalue weighted by Crippen LogP contribution is -2.29. The van der Waals surface area contributed by atoms with Crippen LogP contribution in [-0.4, -0.2) is 12.7 Å². The third-order valence-electron chi connectivity index (χ3n) is 1.99. The first-order valence-corrected chi connectivity index (χ1v) is 4.98. The van der Waals surface area contributed by atoms with Gasteiger partial charge in [0, 0.05) is 0 Å². The zero-order valence-electron chi connectivity index (χ0n) is 7.97. The summed E-state index contributed by atoms with van der Waals surface area (Å²) in [6.45, 7) is 0.827. The van der Waals surface area contributed by atoms with Crippen molar-refractivity contribution < 1.29 is 0 Å². The summed E-state index contributed by atoms with van der Waals surface area (Å²) in [6.07, 6.45) is 8.30. The minimum absolute atomic E-state index is 0.117. The van der Waals surface area contributed by atoms with E-state index < -0.39 is 0 Å². The molecule has 0 spiro atoms. The molecule has 0 unspecified atom stereocenters. The lowest BCUT2D eigenvalue weighted by atomic mass is 10.1. The zero-order chi connectivity index (χ0) is 9.23. The van der Waals surface area contributed by atoms with Crippen molar-refractivity contribution in [2.75, 3.05) is 6.54 Å². The summed E-state index contributed by atoms with van der Waals surface area (Å²) in [4.78, 5) is 0. The van der Waals surface area contributed by atoms with E-state index in [0.717, 1.165) is 19.4 Å². The van der Waals surface area contributed by atoms with E-state index in [0.29, 0.717) is 0 Å². The molecule has 0 heterocycles. The zero-order valence-corrected chi connectivity index (χ0v) is 7.97. The second-order valence-electron chi connectivity index (χ2n) is 3.36. The highest BCUT2D eigenvalue weighted by atomic mass is 14.8. The summed E-state index contributed by atoms with van der Waals surface area (Å²) in [7, 11) is 0. The summed E-state index contributed by atoms with van der Waals surface area (Å²) in [5.41, 5.74) is 16.2. The molecule has 0 saturated carbocycles. The Morgan fingerprint density at radius 2 is 1.25 bits per heavy atom. The van der Waals surface area contributed by atoms with E-state index >= 15 is 0 Å². The Morgan fingerprint density at radius 1 is 0.750 bits per heavy atom. The molecule has 0 aromatic heterocycles. The third kappa shape index (κ3) is 9.88. The average molecular weight is 173 g/mol. The van der Waals surface area contributed by atoms with E-state index in [1.807, 2.05) is 0 Å². The van der Waals surface area contributed by atoms with Crippen LogP contribution >= 0.6 is 0 Å². The van der Waals surface area contributed by atoms with Gasteiger partial charge in [-0.3, -0.25) is 0 Å². The molecule has 3 nitrogen and oxygen atoms in total. The van der Waals surface area contributed by atoms with Crippen LogP contribution in [0.3, 0.4) is 0 Å². The Morgan fingerprint density at radius 3 is 1.75 bits per heavy atom. The van der Waals surface area contributed by atoms with Crippen LogP contribution in [0.2, 0.25) is 0 Å². The van der Waals surface area contributed by atoms with Gasteiger partial charge in [0.05, 0.1) is 6.17 Å². The molecular weight excluding hydrogens is 150 g/mol. The lowest BCUT2D eigenvalue weighted by molar-refractivity contribution is 0.541. The predicted octanol–water partition coefficient (Wildman–Crippen LogP) is 0.919. The van der Waals surface area contributed by atoms with Crippen molar-refractivity contribution in [2.45, 2.75) is 51.1 Å². The molecule has 0 aliphatic heterocycles. The highest BCUT2D eigenvalue weighted by Crippen LogP contribution is 2.06. The van der Waals surface area contributed by atoms with Crippen LogP contribution in [0.15, 0.2) is 0 Å². The topological polar surface area (TPSA) is 78.1 Å². The van der Waals surface area contributed by atoms with E-state index in [-0.39, 0.29) is 6.17 Å². The van der Waals surface area contributed by atoms with Crippen molar-refractivity contribution in [3.05, 3.63) is 0 Å². The van der Waals surface area contributed by atoms with Crippen molar-refractivity contribution in [1.82, 2.24) is 0 Å². The van der Waals surface area contributed by atoms with Crippen molar-refractivity contribution >= 4 is 0 Å². The maximum atomic E-state index is 5.42. The molecule has 12 heavy (non-hydrogen) atoms. The molecule has 0 fully saturated rings. The van der Waals surface area contributed by atoms with E-state index in [1.165, 1.54) is 32.1 Å². The molecular formula is C9H23N3. The number of hydrogen-bond donors (Lipinski definition) is 3.